The number of fused-ring (bicyclic) bond motifs is 2. The van der Waals surface area contributed by atoms with E-state index < -0.39 is 0 Å². The monoisotopic (exact) mass is 452 g/mol. The fourth-order valence-electron chi connectivity index (χ4n) is 3.66. The second-order valence-corrected chi connectivity index (χ2v) is 8.68. The van der Waals surface area contributed by atoms with Crippen molar-refractivity contribution in [2.24, 2.45) is 4.99 Å². The van der Waals surface area contributed by atoms with Gasteiger partial charge in [0.2, 0.25) is 0 Å². The van der Waals surface area contributed by atoms with Crippen molar-refractivity contribution in [1.29, 1.82) is 0 Å². The molecule has 0 saturated heterocycles. The summed E-state index contributed by atoms with van der Waals surface area (Å²) in [5.41, 5.74) is 4.50. The van der Waals surface area contributed by atoms with E-state index >= 15 is 0 Å². The zero-order valence-corrected chi connectivity index (χ0v) is 18.3. The molecule has 4 aromatic rings. The Morgan fingerprint density at radius 3 is 2.42 bits per heavy atom. The number of hydrogen-bond donors (Lipinski definition) is 3. The first-order valence-electron chi connectivity index (χ1n) is 10.4. The number of carbonyl (C=O) groups excluding carboxylic acids is 1. The number of benzene rings is 4. The Labute approximate surface area is 195 Å². The lowest BCUT2D eigenvalue weighted by atomic mass is 10.0. The van der Waals surface area contributed by atoms with Crippen LogP contribution in [0.25, 0.3) is 0 Å². The Morgan fingerprint density at radius 2 is 1.61 bits per heavy atom. The fraction of sp³-hybridized carbons (Fsp3) is 0.0370. The van der Waals surface area contributed by atoms with Crippen LogP contribution in [0.5, 0.6) is 11.5 Å². The average molecular weight is 453 g/mol. The largest absolute Gasteiger partial charge is 0.508 e. The highest BCUT2D eigenvalue weighted by atomic mass is 32.2. The van der Waals surface area contributed by atoms with Crippen LogP contribution in [-0.4, -0.2) is 21.8 Å². The fourth-order valence-corrected chi connectivity index (χ4v) is 4.66. The first-order valence-corrected chi connectivity index (χ1v) is 11.2. The Bertz CT molecular complexity index is 1380. The highest BCUT2D eigenvalue weighted by molar-refractivity contribution is 7.99. The van der Waals surface area contributed by atoms with E-state index in [4.69, 9.17) is 4.99 Å². The molecule has 5 rings (SSSR count). The minimum Gasteiger partial charge on any atom is -0.508 e. The van der Waals surface area contributed by atoms with Crippen LogP contribution in [0.2, 0.25) is 0 Å². The van der Waals surface area contributed by atoms with Crippen molar-refractivity contribution in [1.82, 2.24) is 5.32 Å². The molecule has 0 unspecified atom stereocenters. The SMILES string of the molecule is O=C(NCc1ccccc1O)c1ccc2c(c1)N=C(c1ccc(O)cc1)c1ccccc1S2. The number of hydrogen-bond acceptors (Lipinski definition) is 5. The normalized spacial score (nSPS) is 12.2. The van der Waals surface area contributed by atoms with Gasteiger partial charge in [0.15, 0.2) is 0 Å². The number of phenolic OH excluding ortho intramolecular Hbond substituents is 2. The number of phenols is 2. The summed E-state index contributed by atoms with van der Waals surface area (Å²) in [7, 11) is 0. The Morgan fingerprint density at radius 1 is 0.848 bits per heavy atom. The molecule has 1 aliphatic rings. The van der Waals surface area contributed by atoms with Crippen LogP contribution in [0.3, 0.4) is 0 Å². The average Bonchev–Trinajstić information content (AvgIpc) is 3.00. The van der Waals surface area contributed by atoms with E-state index in [1.54, 1.807) is 54.2 Å². The van der Waals surface area contributed by atoms with Gasteiger partial charge in [-0.25, -0.2) is 4.99 Å². The standard InChI is InChI=1S/C27H20N2O3S/c30-20-12-9-17(10-13-20)26-21-6-2-4-8-24(21)33-25-14-11-18(15-22(25)29-26)27(32)28-16-19-5-1-3-7-23(19)31/h1-15,30-31H,16H2,(H,28,32). The lowest BCUT2D eigenvalue weighted by molar-refractivity contribution is 0.0950. The third kappa shape index (κ3) is 4.33. The molecule has 0 radical (unpaired) electrons. The van der Waals surface area contributed by atoms with Crippen LogP contribution in [0.1, 0.15) is 27.0 Å². The molecule has 162 valence electrons. The minimum absolute atomic E-state index is 0.150. The zero-order valence-electron chi connectivity index (χ0n) is 17.5. The lowest BCUT2D eigenvalue weighted by Gasteiger charge is -2.09. The van der Waals surface area contributed by atoms with Gasteiger partial charge in [0.1, 0.15) is 11.5 Å². The quantitative estimate of drug-likeness (QED) is 0.329. The molecule has 0 fully saturated rings. The van der Waals surface area contributed by atoms with E-state index in [1.165, 1.54) is 0 Å². The molecule has 3 N–H and O–H groups in total. The maximum atomic E-state index is 12.8. The summed E-state index contributed by atoms with van der Waals surface area (Å²) in [6, 6.07) is 27.4. The van der Waals surface area contributed by atoms with Gasteiger partial charge in [0, 0.05) is 38.6 Å². The zero-order chi connectivity index (χ0) is 22.8. The van der Waals surface area contributed by atoms with Gasteiger partial charge in [0.05, 0.1) is 11.4 Å². The van der Waals surface area contributed by atoms with Crippen LogP contribution in [0.4, 0.5) is 5.69 Å². The smallest absolute Gasteiger partial charge is 0.251 e. The second kappa shape index (κ2) is 8.84. The van der Waals surface area contributed by atoms with Crippen LogP contribution < -0.4 is 5.32 Å². The highest BCUT2D eigenvalue weighted by Gasteiger charge is 2.20. The highest BCUT2D eigenvalue weighted by Crippen LogP contribution is 2.41. The van der Waals surface area contributed by atoms with E-state index in [0.29, 0.717) is 16.8 Å². The summed E-state index contributed by atoms with van der Waals surface area (Å²) in [4.78, 5) is 19.8. The lowest BCUT2D eigenvalue weighted by Crippen LogP contribution is -2.22. The van der Waals surface area contributed by atoms with Crippen LogP contribution in [0.15, 0.2) is 106 Å². The summed E-state index contributed by atoms with van der Waals surface area (Å²) < 4.78 is 0. The van der Waals surface area contributed by atoms with Gasteiger partial charge in [-0.2, -0.15) is 0 Å². The number of amides is 1. The van der Waals surface area contributed by atoms with Gasteiger partial charge < -0.3 is 15.5 Å². The molecule has 0 spiro atoms. The molecule has 1 amide bonds. The van der Waals surface area contributed by atoms with E-state index in [0.717, 1.165) is 26.6 Å². The summed E-state index contributed by atoms with van der Waals surface area (Å²) in [5.74, 6) is 0.102. The number of rotatable bonds is 4. The predicted molar refractivity (Wildman–Crippen MR) is 130 cm³/mol. The molecular formula is C27H20N2O3S. The van der Waals surface area contributed by atoms with Crippen molar-refractivity contribution >= 4 is 29.1 Å². The van der Waals surface area contributed by atoms with Gasteiger partial charge >= 0.3 is 0 Å². The van der Waals surface area contributed by atoms with Crippen molar-refractivity contribution in [3.63, 3.8) is 0 Å². The molecule has 0 aliphatic carbocycles. The molecule has 0 bridgehead atoms. The van der Waals surface area contributed by atoms with E-state index in [2.05, 4.69) is 11.4 Å². The number of nitrogens with one attached hydrogen (secondary N) is 1. The molecule has 6 heteroatoms. The van der Waals surface area contributed by atoms with E-state index in [-0.39, 0.29) is 24.0 Å². The molecule has 1 aliphatic heterocycles. The Kier molecular flexibility index (Phi) is 5.59. The number of aliphatic imine (C=N–C) groups is 1. The predicted octanol–water partition coefficient (Wildman–Crippen LogP) is 5.66. The maximum Gasteiger partial charge on any atom is 0.251 e. The number of nitrogens with zero attached hydrogens (tertiary/aromatic N) is 1. The third-order valence-electron chi connectivity index (χ3n) is 5.39. The van der Waals surface area contributed by atoms with Gasteiger partial charge in [0.25, 0.3) is 5.91 Å². The summed E-state index contributed by atoms with van der Waals surface area (Å²) >= 11 is 1.61. The molecule has 0 atom stereocenters. The van der Waals surface area contributed by atoms with Crippen molar-refractivity contribution in [3.05, 3.63) is 113 Å². The van der Waals surface area contributed by atoms with Crippen LogP contribution >= 0.6 is 11.8 Å². The molecule has 0 saturated carbocycles. The van der Waals surface area contributed by atoms with Crippen molar-refractivity contribution in [3.8, 4) is 11.5 Å². The van der Waals surface area contributed by atoms with Gasteiger partial charge in [-0.3, -0.25) is 4.79 Å². The topological polar surface area (TPSA) is 81.9 Å². The Hall–Kier alpha value is -4.03. The van der Waals surface area contributed by atoms with Crippen LogP contribution in [0, 0.1) is 0 Å². The molecule has 0 aromatic heterocycles. The minimum atomic E-state index is -0.241. The summed E-state index contributed by atoms with van der Waals surface area (Å²) in [6.45, 7) is 0.227. The number of aromatic hydroxyl groups is 2. The summed E-state index contributed by atoms with van der Waals surface area (Å²) in [6.07, 6.45) is 0. The first-order chi connectivity index (χ1) is 16.1. The Balaban J connectivity index is 1.50. The van der Waals surface area contributed by atoms with Crippen molar-refractivity contribution < 1.29 is 15.0 Å². The van der Waals surface area contributed by atoms with Gasteiger partial charge in [-0.1, -0.05) is 48.2 Å². The maximum absolute atomic E-state index is 12.8. The van der Waals surface area contributed by atoms with Crippen molar-refractivity contribution in [2.45, 2.75) is 16.3 Å². The summed E-state index contributed by atoms with van der Waals surface area (Å²) in [5, 5.41) is 22.5. The third-order valence-corrected chi connectivity index (χ3v) is 6.53. The first kappa shape index (κ1) is 20.8. The van der Waals surface area contributed by atoms with Gasteiger partial charge in [-0.15, -0.1) is 0 Å². The number of para-hydroxylation sites is 1. The van der Waals surface area contributed by atoms with E-state index in [1.807, 2.05) is 42.5 Å². The molecule has 33 heavy (non-hydrogen) atoms. The van der Waals surface area contributed by atoms with Crippen molar-refractivity contribution in [2.75, 3.05) is 0 Å². The van der Waals surface area contributed by atoms with E-state index in [9.17, 15) is 15.0 Å². The molecule has 4 aromatic carbocycles. The van der Waals surface area contributed by atoms with Gasteiger partial charge in [-0.05, 0) is 54.6 Å². The van der Waals surface area contributed by atoms with Crippen LogP contribution in [-0.2, 0) is 6.54 Å². The molecular weight excluding hydrogens is 432 g/mol. The second-order valence-electron chi connectivity index (χ2n) is 7.60. The molecule has 5 nitrogen and oxygen atoms in total. The number of carbonyl (C=O) groups is 1. The molecule has 1 heterocycles.